The predicted octanol–water partition coefficient (Wildman–Crippen LogP) is 6.51. The Kier molecular flexibility index (Phi) is 7.17. The van der Waals surface area contributed by atoms with Crippen LogP contribution in [0.5, 0.6) is 0 Å². The number of imide groups is 1. The summed E-state index contributed by atoms with van der Waals surface area (Å²) in [6, 6.07) is 12.2. The number of hydrogen-bond donors (Lipinski definition) is 0. The van der Waals surface area contributed by atoms with Gasteiger partial charge in [-0.25, -0.2) is 4.90 Å². The maximum absolute atomic E-state index is 13.7. The second-order valence-corrected chi connectivity index (χ2v) is 9.72. The van der Waals surface area contributed by atoms with Crippen LogP contribution in [-0.4, -0.2) is 31.1 Å². The molecule has 45 heavy (non-hydrogen) atoms. The van der Waals surface area contributed by atoms with Gasteiger partial charge in [-0.05, 0) is 54.6 Å². The van der Waals surface area contributed by atoms with E-state index in [0.29, 0.717) is 23.3 Å². The summed E-state index contributed by atoms with van der Waals surface area (Å²) in [4.78, 5) is 54.2. The summed E-state index contributed by atoms with van der Waals surface area (Å²) in [5.41, 5.74) is -5.77. The average Bonchev–Trinajstić information content (AvgIpc) is 3.01. The van der Waals surface area contributed by atoms with E-state index < -0.39 is 58.0 Å². The Balaban J connectivity index is 1.66. The van der Waals surface area contributed by atoms with Crippen molar-refractivity contribution < 1.29 is 45.5 Å². The number of alkyl halides is 6. The molecule has 8 nitrogen and oxygen atoms in total. The molecule has 14 heteroatoms. The van der Waals surface area contributed by atoms with Crippen LogP contribution in [-0.2, 0) is 12.4 Å². The van der Waals surface area contributed by atoms with Crippen LogP contribution in [0.1, 0.15) is 63.7 Å². The third kappa shape index (κ3) is 4.92. The van der Waals surface area contributed by atoms with Gasteiger partial charge in [0.2, 0.25) is 0 Å². The van der Waals surface area contributed by atoms with Crippen molar-refractivity contribution in [2.24, 2.45) is 0 Å². The van der Waals surface area contributed by atoms with Crippen LogP contribution in [0, 0.1) is 22.7 Å². The Morgan fingerprint density at radius 1 is 0.778 bits per heavy atom. The maximum Gasteiger partial charge on any atom is 0.417 e. The quantitative estimate of drug-likeness (QED) is 0.146. The molecule has 0 saturated carbocycles. The molecule has 0 aliphatic carbocycles. The number of anilines is 2. The highest BCUT2D eigenvalue weighted by molar-refractivity contribution is 6.37. The summed E-state index contributed by atoms with van der Waals surface area (Å²) in [6.07, 6.45) is -9.57. The number of carbonyl (C=O) groups is 4. The van der Waals surface area contributed by atoms with Gasteiger partial charge in [-0.1, -0.05) is 6.07 Å². The maximum atomic E-state index is 13.7. The van der Waals surface area contributed by atoms with Gasteiger partial charge >= 0.3 is 12.4 Å². The molecule has 1 aliphatic heterocycles. The third-order valence-corrected chi connectivity index (χ3v) is 7.23. The van der Waals surface area contributed by atoms with Crippen molar-refractivity contribution in [1.82, 2.24) is 0 Å². The van der Waals surface area contributed by atoms with E-state index in [1.807, 2.05) is 0 Å². The zero-order valence-corrected chi connectivity index (χ0v) is 22.5. The van der Waals surface area contributed by atoms with E-state index >= 15 is 0 Å². The molecule has 0 bridgehead atoms. The van der Waals surface area contributed by atoms with Crippen LogP contribution in [0.25, 0.3) is 10.8 Å². The number of aldehydes is 1. The molecule has 224 valence electrons. The Labute approximate surface area is 248 Å². The van der Waals surface area contributed by atoms with E-state index in [1.54, 1.807) is 0 Å². The average molecular weight is 620 g/mol. The lowest BCUT2D eigenvalue weighted by Gasteiger charge is -2.29. The summed E-state index contributed by atoms with van der Waals surface area (Å²) in [6.45, 7) is 0. The molecular weight excluding hydrogens is 606 g/mol. The first-order valence-electron chi connectivity index (χ1n) is 12.6. The van der Waals surface area contributed by atoms with Gasteiger partial charge in [0.25, 0.3) is 17.7 Å². The smallest absolute Gasteiger partial charge is 0.311 e. The standard InChI is InChI=1S/C31H14F6N4O4/c1-40(18-5-2-15(12-38)23(10-18)30(32,33)34)27(43)20-8-9-22-26-21(7-4-17(14-42)25(20)26)28(44)41(29(22)45)19-6-3-16(13-39)24(11-19)31(35,36)37/h2-11,14H,1H3. The minimum absolute atomic E-state index is 0.157. The van der Waals surface area contributed by atoms with Crippen molar-refractivity contribution in [3.05, 3.63) is 105 Å². The lowest BCUT2D eigenvalue weighted by molar-refractivity contribution is -0.138. The van der Waals surface area contributed by atoms with Crippen molar-refractivity contribution in [3.63, 3.8) is 0 Å². The Hall–Kier alpha value is -6.02. The van der Waals surface area contributed by atoms with Gasteiger partial charge in [0.15, 0.2) is 6.29 Å². The first-order valence-corrected chi connectivity index (χ1v) is 12.6. The van der Waals surface area contributed by atoms with Gasteiger partial charge in [-0.3, -0.25) is 19.2 Å². The van der Waals surface area contributed by atoms with Crippen LogP contribution in [0.4, 0.5) is 37.7 Å². The molecule has 0 radical (unpaired) electrons. The molecule has 0 unspecified atom stereocenters. The highest BCUT2D eigenvalue weighted by Crippen LogP contribution is 2.40. The normalized spacial score (nSPS) is 13.0. The van der Waals surface area contributed by atoms with E-state index in [2.05, 4.69) is 0 Å². The number of amides is 3. The molecule has 0 N–H and O–H groups in total. The third-order valence-electron chi connectivity index (χ3n) is 7.23. The second-order valence-electron chi connectivity index (χ2n) is 9.72. The summed E-state index contributed by atoms with van der Waals surface area (Å²) in [5, 5.41) is 17.8. The summed E-state index contributed by atoms with van der Waals surface area (Å²) >= 11 is 0. The topological polar surface area (TPSA) is 122 Å². The molecule has 0 aromatic heterocycles. The van der Waals surface area contributed by atoms with Crippen LogP contribution in [0.3, 0.4) is 0 Å². The van der Waals surface area contributed by atoms with E-state index in [-0.39, 0.29) is 38.7 Å². The fraction of sp³-hybridized carbons (Fsp3) is 0.0968. The fourth-order valence-electron chi connectivity index (χ4n) is 5.10. The number of halogens is 6. The zero-order valence-electron chi connectivity index (χ0n) is 22.5. The lowest BCUT2D eigenvalue weighted by atomic mass is 9.88. The molecule has 4 aromatic carbocycles. The molecular formula is C31H14F6N4O4. The van der Waals surface area contributed by atoms with E-state index in [1.165, 1.54) is 12.1 Å². The van der Waals surface area contributed by atoms with Crippen molar-refractivity contribution in [1.29, 1.82) is 10.5 Å². The first-order chi connectivity index (χ1) is 21.1. The van der Waals surface area contributed by atoms with Crippen molar-refractivity contribution in [3.8, 4) is 12.1 Å². The highest BCUT2D eigenvalue weighted by Gasteiger charge is 2.39. The summed E-state index contributed by atoms with van der Waals surface area (Å²) in [7, 11) is 1.14. The molecule has 4 aromatic rings. The number of carbonyl (C=O) groups excluding carboxylic acids is 4. The van der Waals surface area contributed by atoms with Crippen molar-refractivity contribution in [2.75, 3.05) is 16.8 Å². The largest absolute Gasteiger partial charge is 0.417 e. The van der Waals surface area contributed by atoms with Crippen LogP contribution < -0.4 is 9.80 Å². The number of nitrogens with zero attached hydrogens (tertiary/aromatic N) is 4. The molecule has 3 amide bonds. The Bertz CT molecular complexity index is 2050. The molecule has 0 atom stereocenters. The predicted molar refractivity (Wildman–Crippen MR) is 146 cm³/mol. The number of nitriles is 2. The summed E-state index contributed by atoms with van der Waals surface area (Å²) < 4.78 is 81.6. The minimum atomic E-state index is -4.99. The van der Waals surface area contributed by atoms with Gasteiger partial charge in [-0.15, -0.1) is 0 Å². The van der Waals surface area contributed by atoms with Gasteiger partial charge in [0.05, 0.1) is 40.1 Å². The van der Waals surface area contributed by atoms with Crippen LogP contribution >= 0.6 is 0 Å². The van der Waals surface area contributed by atoms with Gasteiger partial charge in [0.1, 0.15) is 0 Å². The molecule has 0 fully saturated rings. The molecule has 0 saturated heterocycles. The van der Waals surface area contributed by atoms with Gasteiger partial charge in [0, 0.05) is 45.8 Å². The van der Waals surface area contributed by atoms with E-state index in [0.717, 1.165) is 60.5 Å². The van der Waals surface area contributed by atoms with Crippen LogP contribution in [0.2, 0.25) is 0 Å². The van der Waals surface area contributed by atoms with Gasteiger partial charge in [-0.2, -0.15) is 36.9 Å². The number of rotatable bonds is 4. The molecule has 0 spiro atoms. The Morgan fingerprint density at radius 2 is 1.31 bits per heavy atom. The first kappa shape index (κ1) is 30.4. The minimum Gasteiger partial charge on any atom is -0.311 e. The number of hydrogen-bond acceptors (Lipinski definition) is 6. The lowest BCUT2D eigenvalue weighted by Crippen LogP contribution is -2.41. The van der Waals surface area contributed by atoms with E-state index in [4.69, 9.17) is 10.5 Å². The SMILES string of the molecule is CN(C(=O)c1ccc2c3c(ccc(C=O)c13)C(=O)N(c1ccc(C#N)c(C(F)(F)F)c1)C2=O)c1ccc(C#N)c(C(F)(F)F)c1. The number of benzene rings is 4. The monoisotopic (exact) mass is 620 g/mol. The summed E-state index contributed by atoms with van der Waals surface area (Å²) in [5.74, 6) is -3.12. The Morgan fingerprint density at radius 3 is 1.84 bits per heavy atom. The van der Waals surface area contributed by atoms with Crippen molar-refractivity contribution >= 4 is 46.2 Å². The second kappa shape index (κ2) is 10.6. The zero-order chi connectivity index (χ0) is 33.0. The highest BCUT2D eigenvalue weighted by atomic mass is 19.4. The molecule has 5 rings (SSSR count). The van der Waals surface area contributed by atoms with Crippen LogP contribution in [0.15, 0.2) is 60.7 Å². The molecule has 1 aliphatic rings. The molecule has 1 heterocycles. The van der Waals surface area contributed by atoms with Gasteiger partial charge < -0.3 is 4.90 Å². The van der Waals surface area contributed by atoms with E-state index in [9.17, 15) is 45.5 Å². The van der Waals surface area contributed by atoms with Crippen molar-refractivity contribution in [2.45, 2.75) is 12.4 Å². The fourth-order valence-corrected chi connectivity index (χ4v) is 5.10.